The molecule has 0 unspecified atom stereocenters. The Labute approximate surface area is 156 Å². The summed E-state index contributed by atoms with van der Waals surface area (Å²) in [6.07, 6.45) is 4.15. The molecule has 6 heteroatoms. The van der Waals surface area contributed by atoms with Crippen molar-refractivity contribution in [2.45, 2.75) is 25.7 Å². The lowest BCUT2D eigenvalue weighted by atomic mass is 9.96. The number of hydrogen-bond acceptors (Lipinski definition) is 3. The maximum Gasteiger partial charge on any atom is 0.276 e. The van der Waals surface area contributed by atoms with E-state index in [4.69, 9.17) is 0 Å². The van der Waals surface area contributed by atoms with Crippen LogP contribution in [-0.2, 0) is 12.8 Å². The van der Waals surface area contributed by atoms with Gasteiger partial charge in [-0.3, -0.25) is 9.89 Å². The van der Waals surface area contributed by atoms with Crippen LogP contribution in [-0.4, -0.2) is 26.1 Å². The van der Waals surface area contributed by atoms with Gasteiger partial charge in [0.05, 0.1) is 11.0 Å². The molecular formula is C21H19N5O. The maximum atomic E-state index is 12.6. The van der Waals surface area contributed by atoms with Gasteiger partial charge in [0, 0.05) is 22.5 Å². The van der Waals surface area contributed by atoms with E-state index in [-0.39, 0.29) is 5.91 Å². The Morgan fingerprint density at radius 3 is 2.67 bits per heavy atom. The van der Waals surface area contributed by atoms with E-state index >= 15 is 0 Å². The van der Waals surface area contributed by atoms with Gasteiger partial charge in [0.2, 0.25) is 0 Å². The number of nitrogens with zero attached hydrogens (tertiary/aromatic N) is 2. The van der Waals surface area contributed by atoms with Gasteiger partial charge >= 0.3 is 0 Å². The van der Waals surface area contributed by atoms with E-state index in [2.05, 4.69) is 25.5 Å². The molecule has 0 spiro atoms. The van der Waals surface area contributed by atoms with Crippen LogP contribution >= 0.6 is 0 Å². The molecule has 1 amide bonds. The lowest BCUT2D eigenvalue weighted by Gasteiger charge is -2.11. The Kier molecular flexibility index (Phi) is 3.74. The van der Waals surface area contributed by atoms with Crippen molar-refractivity contribution in [3.8, 4) is 11.4 Å². The lowest BCUT2D eigenvalue weighted by molar-refractivity contribution is 0.102. The summed E-state index contributed by atoms with van der Waals surface area (Å²) in [7, 11) is 0. The number of benzene rings is 2. The lowest BCUT2D eigenvalue weighted by Crippen LogP contribution is -2.15. The third-order valence-electron chi connectivity index (χ3n) is 5.08. The van der Waals surface area contributed by atoms with Gasteiger partial charge in [-0.25, -0.2) is 4.98 Å². The minimum atomic E-state index is -0.161. The fraction of sp³-hybridized carbons (Fsp3) is 0.190. The number of imidazole rings is 1. The number of carbonyl (C=O) groups is 1. The van der Waals surface area contributed by atoms with Gasteiger partial charge in [-0.2, -0.15) is 5.10 Å². The molecule has 134 valence electrons. The standard InChI is InChI=1S/C21H19N5O/c27-21(19-15-5-1-2-6-16(15)25-26-19)22-14-11-9-13(10-12-14)20-23-17-7-3-4-8-18(17)24-20/h3-4,7-12H,1-2,5-6H2,(H,22,27)(H,23,24)(H,25,26). The normalized spacial score (nSPS) is 13.5. The van der Waals surface area contributed by atoms with Gasteiger partial charge in [-0.15, -0.1) is 0 Å². The molecule has 0 aliphatic heterocycles. The zero-order chi connectivity index (χ0) is 18.2. The number of H-pyrrole nitrogens is 2. The van der Waals surface area contributed by atoms with E-state index in [1.165, 1.54) is 0 Å². The average molecular weight is 357 g/mol. The van der Waals surface area contributed by atoms with E-state index in [0.717, 1.165) is 65.0 Å². The number of fused-ring (bicyclic) bond motifs is 2. The van der Waals surface area contributed by atoms with Crippen molar-refractivity contribution in [3.05, 3.63) is 65.5 Å². The van der Waals surface area contributed by atoms with Crippen molar-refractivity contribution in [3.63, 3.8) is 0 Å². The molecule has 2 heterocycles. The third-order valence-corrected chi connectivity index (χ3v) is 5.08. The first-order valence-corrected chi connectivity index (χ1v) is 9.20. The molecule has 1 aliphatic carbocycles. The van der Waals surface area contributed by atoms with Gasteiger partial charge in [0.25, 0.3) is 5.91 Å². The van der Waals surface area contributed by atoms with E-state index < -0.39 is 0 Å². The van der Waals surface area contributed by atoms with Crippen molar-refractivity contribution >= 4 is 22.6 Å². The first kappa shape index (κ1) is 15.8. The Morgan fingerprint density at radius 1 is 1.00 bits per heavy atom. The number of rotatable bonds is 3. The van der Waals surface area contributed by atoms with Crippen molar-refractivity contribution in [1.82, 2.24) is 20.2 Å². The van der Waals surface area contributed by atoms with Crippen LogP contribution in [0, 0.1) is 0 Å². The summed E-state index contributed by atoms with van der Waals surface area (Å²) < 4.78 is 0. The van der Waals surface area contributed by atoms with E-state index in [1.807, 2.05) is 48.5 Å². The van der Waals surface area contributed by atoms with Gasteiger partial charge in [0.1, 0.15) is 5.82 Å². The summed E-state index contributed by atoms with van der Waals surface area (Å²) in [5.74, 6) is 0.654. The monoisotopic (exact) mass is 357 g/mol. The minimum absolute atomic E-state index is 0.161. The molecule has 0 saturated heterocycles. The fourth-order valence-electron chi connectivity index (χ4n) is 3.66. The number of aryl methyl sites for hydroxylation is 1. The zero-order valence-electron chi connectivity index (χ0n) is 14.7. The van der Waals surface area contributed by atoms with Crippen LogP contribution in [0.4, 0.5) is 5.69 Å². The Morgan fingerprint density at radius 2 is 1.81 bits per heavy atom. The highest BCUT2D eigenvalue weighted by Gasteiger charge is 2.21. The molecule has 4 aromatic rings. The smallest absolute Gasteiger partial charge is 0.276 e. The molecule has 6 nitrogen and oxygen atoms in total. The Bertz CT molecular complexity index is 1090. The Balaban J connectivity index is 1.36. The van der Waals surface area contributed by atoms with Crippen LogP contribution in [0.2, 0.25) is 0 Å². The van der Waals surface area contributed by atoms with Crippen molar-refractivity contribution in [2.24, 2.45) is 0 Å². The fourth-order valence-corrected chi connectivity index (χ4v) is 3.66. The molecule has 0 atom stereocenters. The van der Waals surface area contributed by atoms with Crippen LogP contribution in [0.5, 0.6) is 0 Å². The molecule has 0 bridgehead atoms. The van der Waals surface area contributed by atoms with Gasteiger partial charge in [0.15, 0.2) is 5.69 Å². The predicted molar refractivity (Wildman–Crippen MR) is 105 cm³/mol. The summed E-state index contributed by atoms with van der Waals surface area (Å²) in [4.78, 5) is 20.5. The largest absolute Gasteiger partial charge is 0.338 e. The molecule has 1 aliphatic rings. The molecule has 5 rings (SSSR count). The highest BCUT2D eigenvalue weighted by molar-refractivity contribution is 6.04. The Hall–Kier alpha value is -3.41. The number of aromatic amines is 2. The van der Waals surface area contributed by atoms with Crippen LogP contribution in [0.15, 0.2) is 48.5 Å². The van der Waals surface area contributed by atoms with Crippen molar-refractivity contribution in [2.75, 3.05) is 5.32 Å². The number of carbonyl (C=O) groups excluding carboxylic acids is 1. The van der Waals surface area contributed by atoms with Crippen LogP contribution in [0.25, 0.3) is 22.4 Å². The number of aromatic nitrogens is 4. The van der Waals surface area contributed by atoms with E-state index in [1.54, 1.807) is 0 Å². The van der Waals surface area contributed by atoms with Gasteiger partial charge < -0.3 is 10.3 Å². The summed E-state index contributed by atoms with van der Waals surface area (Å²) in [5, 5.41) is 10.2. The second-order valence-electron chi connectivity index (χ2n) is 6.87. The van der Waals surface area contributed by atoms with Crippen molar-refractivity contribution < 1.29 is 4.79 Å². The molecule has 3 N–H and O–H groups in total. The second-order valence-corrected chi connectivity index (χ2v) is 6.87. The number of amides is 1. The van der Waals surface area contributed by atoms with Gasteiger partial charge in [-0.05, 0) is 62.1 Å². The number of anilines is 1. The van der Waals surface area contributed by atoms with Gasteiger partial charge in [-0.1, -0.05) is 12.1 Å². The number of para-hydroxylation sites is 2. The molecule has 2 aromatic carbocycles. The van der Waals surface area contributed by atoms with Crippen LogP contribution in [0.1, 0.15) is 34.6 Å². The highest BCUT2D eigenvalue weighted by Crippen LogP contribution is 2.24. The molecule has 0 radical (unpaired) electrons. The van der Waals surface area contributed by atoms with Crippen molar-refractivity contribution in [1.29, 1.82) is 0 Å². The summed E-state index contributed by atoms with van der Waals surface area (Å²) in [5.41, 5.74) is 6.35. The topological polar surface area (TPSA) is 86.5 Å². The number of nitrogens with one attached hydrogen (secondary N) is 3. The summed E-state index contributed by atoms with van der Waals surface area (Å²) in [6, 6.07) is 15.6. The summed E-state index contributed by atoms with van der Waals surface area (Å²) in [6.45, 7) is 0. The second kappa shape index (κ2) is 6.39. The molecular weight excluding hydrogens is 338 g/mol. The molecule has 0 saturated carbocycles. The molecule has 2 aromatic heterocycles. The van der Waals surface area contributed by atoms with E-state index in [9.17, 15) is 4.79 Å². The van der Waals surface area contributed by atoms with Crippen LogP contribution < -0.4 is 5.32 Å². The molecule has 27 heavy (non-hydrogen) atoms. The zero-order valence-corrected chi connectivity index (χ0v) is 14.7. The molecule has 0 fully saturated rings. The van der Waals surface area contributed by atoms with E-state index in [0.29, 0.717) is 5.69 Å². The predicted octanol–water partition coefficient (Wildman–Crippen LogP) is 4.08. The number of hydrogen-bond donors (Lipinski definition) is 3. The first-order chi connectivity index (χ1) is 13.3. The summed E-state index contributed by atoms with van der Waals surface area (Å²) >= 11 is 0. The highest BCUT2D eigenvalue weighted by atomic mass is 16.1. The maximum absolute atomic E-state index is 12.6. The average Bonchev–Trinajstić information content (AvgIpc) is 3.33. The van der Waals surface area contributed by atoms with Crippen LogP contribution in [0.3, 0.4) is 0 Å². The third kappa shape index (κ3) is 2.89. The minimum Gasteiger partial charge on any atom is -0.338 e. The first-order valence-electron chi connectivity index (χ1n) is 9.20. The SMILES string of the molecule is O=C(Nc1ccc(-c2nc3ccccc3[nH]2)cc1)c1n[nH]c2c1CCCC2. The quantitative estimate of drug-likeness (QED) is 0.516.